The number of allylic oxidation sites excluding steroid dienone is 3. The summed E-state index contributed by atoms with van der Waals surface area (Å²) in [5.74, 6) is 0.807. The van der Waals surface area contributed by atoms with Gasteiger partial charge in [-0.2, -0.15) is 15.5 Å². The number of nitrogens with two attached hydrogens (primary N) is 1. The first-order valence-electron chi connectivity index (χ1n) is 11.4. The molecule has 32 heavy (non-hydrogen) atoms. The van der Waals surface area contributed by atoms with Gasteiger partial charge in [-0.25, -0.2) is 0 Å². The molecular formula is C25H32N6O. The molecule has 1 aliphatic heterocycles. The van der Waals surface area contributed by atoms with Crippen LogP contribution in [0.15, 0.2) is 28.4 Å². The number of rotatable bonds is 4. The van der Waals surface area contributed by atoms with E-state index in [-0.39, 0.29) is 11.8 Å². The van der Waals surface area contributed by atoms with Crippen molar-refractivity contribution in [1.82, 2.24) is 19.6 Å². The molecular weight excluding hydrogens is 400 g/mol. The summed E-state index contributed by atoms with van der Waals surface area (Å²) >= 11 is 0. The second-order valence-electron chi connectivity index (χ2n) is 8.60. The Morgan fingerprint density at radius 2 is 1.72 bits per heavy atom. The number of nitriles is 1. The molecule has 1 unspecified atom stereocenters. The molecule has 7 nitrogen and oxygen atoms in total. The predicted octanol–water partition coefficient (Wildman–Crippen LogP) is 4.68. The van der Waals surface area contributed by atoms with Gasteiger partial charge in [-0.15, -0.1) is 0 Å². The third-order valence-corrected chi connectivity index (χ3v) is 6.79. The van der Waals surface area contributed by atoms with Gasteiger partial charge in [0.05, 0.1) is 17.3 Å². The molecule has 0 aromatic carbocycles. The maximum atomic E-state index is 9.99. The fourth-order valence-corrected chi connectivity index (χ4v) is 5.20. The Morgan fingerprint density at radius 1 is 1.06 bits per heavy atom. The number of aryl methyl sites for hydroxylation is 4. The summed E-state index contributed by atoms with van der Waals surface area (Å²) in [5.41, 5.74) is 15.5. The molecule has 0 radical (unpaired) electrons. The van der Waals surface area contributed by atoms with Crippen LogP contribution in [-0.2, 0) is 17.8 Å². The molecule has 4 rings (SSSR count). The third-order valence-electron chi connectivity index (χ3n) is 6.79. The molecule has 2 N–H and O–H groups in total. The summed E-state index contributed by atoms with van der Waals surface area (Å²) < 4.78 is 10.2. The van der Waals surface area contributed by atoms with Crippen LogP contribution in [0.4, 0.5) is 0 Å². The van der Waals surface area contributed by atoms with E-state index in [1.807, 2.05) is 23.2 Å². The van der Waals surface area contributed by atoms with E-state index >= 15 is 0 Å². The van der Waals surface area contributed by atoms with Gasteiger partial charge in [0.15, 0.2) is 0 Å². The highest BCUT2D eigenvalue weighted by Gasteiger charge is 2.38. The Labute approximate surface area is 189 Å². The van der Waals surface area contributed by atoms with Crippen molar-refractivity contribution in [2.45, 2.75) is 79.8 Å². The van der Waals surface area contributed by atoms with Crippen molar-refractivity contribution < 1.29 is 4.74 Å². The topological polar surface area (TPSA) is 94.7 Å². The lowest BCUT2D eigenvalue weighted by atomic mass is 9.76. The zero-order valence-electron chi connectivity index (χ0n) is 19.9. The molecule has 168 valence electrons. The van der Waals surface area contributed by atoms with E-state index in [1.165, 1.54) is 0 Å². The van der Waals surface area contributed by atoms with Crippen molar-refractivity contribution in [3.63, 3.8) is 0 Å². The Kier molecular flexibility index (Phi) is 5.72. The van der Waals surface area contributed by atoms with Gasteiger partial charge in [-0.1, -0.05) is 0 Å². The SMILES string of the molecule is CCn1nc(C)c(/C=C2\CCCC3=C2OC(N)=C(C#N)C3c2c(C)nn(CC)c2C)c1C. The lowest BCUT2D eigenvalue weighted by Gasteiger charge is -2.33. The van der Waals surface area contributed by atoms with Gasteiger partial charge in [0, 0.05) is 35.6 Å². The van der Waals surface area contributed by atoms with E-state index in [9.17, 15) is 5.26 Å². The van der Waals surface area contributed by atoms with E-state index in [1.54, 1.807) is 0 Å². The van der Waals surface area contributed by atoms with Gasteiger partial charge in [0.2, 0.25) is 5.88 Å². The Balaban J connectivity index is 1.90. The zero-order valence-corrected chi connectivity index (χ0v) is 19.9. The van der Waals surface area contributed by atoms with Crippen LogP contribution >= 0.6 is 0 Å². The highest BCUT2D eigenvalue weighted by Crippen LogP contribution is 2.48. The van der Waals surface area contributed by atoms with Crippen LogP contribution in [0.1, 0.15) is 72.9 Å². The molecule has 0 saturated carbocycles. The normalized spacial score (nSPS) is 19.9. The minimum atomic E-state index is -0.215. The van der Waals surface area contributed by atoms with Crippen LogP contribution in [-0.4, -0.2) is 19.6 Å². The molecule has 3 heterocycles. The number of hydrogen-bond donors (Lipinski definition) is 1. The molecule has 0 spiro atoms. The minimum absolute atomic E-state index is 0.199. The molecule has 0 fully saturated rings. The largest absolute Gasteiger partial charge is 0.440 e. The van der Waals surface area contributed by atoms with Crippen molar-refractivity contribution in [2.75, 3.05) is 0 Å². The smallest absolute Gasteiger partial charge is 0.205 e. The molecule has 0 amide bonds. The van der Waals surface area contributed by atoms with Crippen LogP contribution in [0, 0.1) is 39.0 Å². The Morgan fingerprint density at radius 3 is 2.31 bits per heavy atom. The second-order valence-corrected chi connectivity index (χ2v) is 8.60. The molecule has 2 aromatic rings. The zero-order chi connectivity index (χ0) is 23.2. The monoisotopic (exact) mass is 432 g/mol. The summed E-state index contributed by atoms with van der Waals surface area (Å²) in [5, 5.41) is 19.4. The van der Waals surface area contributed by atoms with Crippen LogP contribution < -0.4 is 5.73 Å². The third kappa shape index (κ3) is 3.35. The van der Waals surface area contributed by atoms with E-state index in [4.69, 9.17) is 15.6 Å². The van der Waals surface area contributed by atoms with E-state index in [0.717, 1.165) is 83.2 Å². The number of aromatic nitrogens is 4. The van der Waals surface area contributed by atoms with E-state index in [0.29, 0.717) is 5.57 Å². The molecule has 2 aromatic heterocycles. The first-order valence-corrected chi connectivity index (χ1v) is 11.4. The summed E-state index contributed by atoms with van der Waals surface area (Å²) in [6.45, 7) is 14.0. The summed E-state index contributed by atoms with van der Waals surface area (Å²) in [6, 6.07) is 2.34. The van der Waals surface area contributed by atoms with Crippen LogP contribution in [0.5, 0.6) is 0 Å². The average molecular weight is 433 g/mol. The van der Waals surface area contributed by atoms with Crippen LogP contribution in [0.2, 0.25) is 0 Å². The highest BCUT2D eigenvalue weighted by atomic mass is 16.5. The van der Waals surface area contributed by atoms with Crippen molar-refractivity contribution in [3.8, 4) is 6.07 Å². The van der Waals surface area contributed by atoms with Crippen LogP contribution in [0.25, 0.3) is 6.08 Å². The van der Waals surface area contributed by atoms with Gasteiger partial charge >= 0.3 is 0 Å². The molecule has 2 aliphatic rings. The molecule has 1 atom stereocenters. The molecule has 7 heteroatoms. The van der Waals surface area contributed by atoms with Gasteiger partial charge < -0.3 is 10.5 Å². The first-order chi connectivity index (χ1) is 15.3. The molecule has 0 saturated heterocycles. The second kappa shape index (κ2) is 8.34. The van der Waals surface area contributed by atoms with Crippen molar-refractivity contribution in [3.05, 3.63) is 62.3 Å². The quantitative estimate of drug-likeness (QED) is 0.757. The first kappa shape index (κ1) is 21.9. The molecule has 1 aliphatic carbocycles. The summed E-state index contributed by atoms with van der Waals surface area (Å²) in [7, 11) is 0. The molecule has 0 bridgehead atoms. The van der Waals surface area contributed by atoms with Gasteiger partial charge in [0.1, 0.15) is 17.4 Å². The Hall–Kier alpha value is -3.27. The standard InChI is InChI=1S/C25H32N6O/c1-7-30-16(5)20(14(3)28-30)12-18-10-9-11-19-23(21(13-26)25(27)32-24(18)19)22-15(4)29-31(8-2)17(22)6/h12,23H,7-11,27H2,1-6H3/b18-12+. The minimum Gasteiger partial charge on any atom is -0.440 e. The lowest BCUT2D eigenvalue weighted by molar-refractivity contribution is 0.277. The van der Waals surface area contributed by atoms with Gasteiger partial charge in [-0.3, -0.25) is 9.36 Å². The number of nitrogens with zero attached hydrogens (tertiary/aromatic N) is 5. The summed E-state index contributed by atoms with van der Waals surface area (Å²) in [6.07, 6.45) is 4.99. The van der Waals surface area contributed by atoms with Gasteiger partial charge in [-0.05, 0) is 78.0 Å². The Bertz CT molecular complexity index is 1210. The van der Waals surface area contributed by atoms with Gasteiger partial charge in [0.25, 0.3) is 0 Å². The number of ether oxygens (including phenoxy) is 1. The average Bonchev–Trinajstić information content (AvgIpc) is 3.21. The maximum absolute atomic E-state index is 9.99. The fraction of sp³-hybridized carbons (Fsp3) is 0.480. The van der Waals surface area contributed by atoms with Crippen molar-refractivity contribution >= 4 is 6.08 Å². The predicted molar refractivity (Wildman–Crippen MR) is 124 cm³/mol. The van der Waals surface area contributed by atoms with Crippen LogP contribution in [0.3, 0.4) is 0 Å². The lowest BCUT2D eigenvalue weighted by Crippen LogP contribution is -2.24. The van der Waals surface area contributed by atoms with E-state index in [2.05, 4.69) is 44.9 Å². The van der Waals surface area contributed by atoms with Crippen molar-refractivity contribution in [2.24, 2.45) is 5.73 Å². The van der Waals surface area contributed by atoms with E-state index < -0.39 is 0 Å². The number of hydrogen-bond acceptors (Lipinski definition) is 5. The highest BCUT2D eigenvalue weighted by molar-refractivity contribution is 5.65. The van der Waals surface area contributed by atoms with Crippen molar-refractivity contribution in [1.29, 1.82) is 5.26 Å². The fourth-order valence-electron chi connectivity index (χ4n) is 5.20. The maximum Gasteiger partial charge on any atom is 0.205 e. The summed E-state index contributed by atoms with van der Waals surface area (Å²) in [4.78, 5) is 0.